The molecule has 2 aliphatic heterocycles. The average Bonchev–Trinajstić information content (AvgIpc) is 2.26. The highest BCUT2D eigenvalue weighted by molar-refractivity contribution is 5.04. The molecule has 0 aromatic carbocycles. The zero-order valence-electron chi connectivity index (χ0n) is 5.80. The molecule has 2 aliphatic rings. The van der Waals surface area contributed by atoms with Crippen LogP contribution in [0.3, 0.4) is 0 Å². The predicted molar refractivity (Wildman–Crippen MR) is 37.3 cm³/mol. The summed E-state index contributed by atoms with van der Waals surface area (Å²) in [7, 11) is 0. The first-order valence-electron chi connectivity index (χ1n) is 3.76. The summed E-state index contributed by atoms with van der Waals surface area (Å²) in [6, 6.07) is 3.31. The molecule has 0 aromatic heterocycles. The number of nitrogens with one attached hydrogen (secondary N) is 2. The summed E-state index contributed by atoms with van der Waals surface area (Å²) < 4.78 is 0. The standard InChI is InChI=1S/C7H11N3/c8-2-5-1-6-3-9-4-7(5)10-6/h5-7,9-10H,1,3-4H2. The topological polar surface area (TPSA) is 47.9 Å². The Balaban J connectivity index is 2.10. The van der Waals surface area contributed by atoms with Crippen molar-refractivity contribution in [2.45, 2.75) is 18.5 Å². The Hall–Kier alpha value is -0.590. The van der Waals surface area contributed by atoms with Gasteiger partial charge in [0.15, 0.2) is 0 Å². The molecule has 0 aliphatic carbocycles. The molecule has 54 valence electrons. The van der Waals surface area contributed by atoms with Crippen LogP contribution in [0.15, 0.2) is 0 Å². The summed E-state index contributed by atoms with van der Waals surface area (Å²) in [5, 5.41) is 15.4. The van der Waals surface area contributed by atoms with Gasteiger partial charge in [0.2, 0.25) is 0 Å². The summed E-state index contributed by atoms with van der Waals surface area (Å²) in [6.45, 7) is 2.00. The molecule has 3 atom stereocenters. The third-order valence-corrected chi connectivity index (χ3v) is 2.39. The van der Waals surface area contributed by atoms with Gasteiger partial charge in [-0.2, -0.15) is 5.26 Å². The highest BCUT2D eigenvalue weighted by Crippen LogP contribution is 2.21. The Morgan fingerprint density at radius 2 is 2.30 bits per heavy atom. The van der Waals surface area contributed by atoms with Gasteiger partial charge in [0.05, 0.1) is 12.0 Å². The van der Waals surface area contributed by atoms with E-state index in [-0.39, 0.29) is 5.92 Å². The van der Waals surface area contributed by atoms with Crippen LogP contribution in [0.5, 0.6) is 0 Å². The minimum Gasteiger partial charge on any atom is -0.314 e. The monoisotopic (exact) mass is 137 g/mol. The third-order valence-electron chi connectivity index (χ3n) is 2.39. The largest absolute Gasteiger partial charge is 0.314 e. The summed E-state index contributed by atoms with van der Waals surface area (Å²) in [5.41, 5.74) is 0. The number of hydrogen-bond acceptors (Lipinski definition) is 3. The van der Waals surface area contributed by atoms with Crippen molar-refractivity contribution in [2.24, 2.45) is 5.92 Å². The van der Waals surface area contributed by atoms with Gasteiger partial charge in [-0.05, 0) is 6.42 Å². The number of fused-ring (bicyclic) bond motifs is 2. The van der Waals surface area contributed by atoms with Gasteiger partial charge in [0.25, 0.3) is 0 Å². The van der Waals surface area contributed by atoms with E-state index < -0.39 is 0 Å². The minimum atomic E-state index is 0.250. The Morgan fingerprint density at radius 1 is 1.40 bits per heavy atom. The molecule has 0 saturated carbocycles. The first-order valence-corrected chi connectivity index (χ1v) is 3.76. The first-order chi connectivity index (χ1) is 4.90. The molecule has 2 N–H and O–H groups in total. The molecule has 3 heteroatoms. The van der Waals surface area contributed by atoms with Gasteiger partial charge in [-0.25, -0.2) is 0 Å². The fourth-order valence-corrected chi connectivity index (χ4v) is 1.86. The number of rotatable bonds is 0. The van der Waals surface area contributed by atoms with E-state index in [9.17, 15) is 0 Å². The smallest absolute Gasteiger partial charge is 0.0673 e. The van der Waals surface area contributed by atoms with Crippen molar-refractivity contribution in [1.82, 2.24) is 10.6 Å². The lowest BCUT2D eigenvalue weighted by Crippen LogP contribution is -2.49. The fraction of sp³-hybridized carbons (Fsp3) is 0.857. The van der Waals surface area contributed by atoms with Crippen molar-refractivity contribution in [3.05, 3.63) is 0 Å². The van der Waals surface area contributed by atoms with E-state index in [0.29, 0.717) is 12.1 Å². The van der Waals surface area contributed by atoms with Gasteiger partial charge in [-0.15, -0.1) is 0 Å². The lowest BCUT2D eigenvalue weighted by Gasteiger charge is -2.21. The van der Waals surface area contributed by atoms with E-state index in [1.165, 1.54) is 0 Å². The molecule has 2 rings (SSSR count). The van der Waals surface area contributed by atoms with Crippen molar-refractivity contribution in [1.29, 1.82) is 5.26 Å². The van der Waals surface area contributed by atoms with Gasteiger partial charge in [0.1, 0.15) is 0 Å². The second-order valence-corrected chi connectivity index (χ2v) is 3.10. The molecular formula is C7H11N3. The lowest BCUT2D eigenvalue weighted by molar-refractivity contribution is 0.412. The van der Waals surface area contributed by atoms with Gasteiger partial charge in [-0.1, -0.05) is 0 Å². The van der Waals surface area contributed by atoms with Crippen LogP contribution in [0.2, 0.25) is 0 Å². The number of nitriles is 1. The van der Waals surface area contributed by atoms with Crippen LogP contribution in [0, 0.1) is 17.2 Å². The molecule has 0 aromatic rings. The highest BCUT2D eigenvalue weighted by Gasteiger charge is 2.36. The number of hydrogen-bond donors (Lipinski definition) is 2. The van der Waals surface area contributed by atoms with Crippen LogP contribution in [0.1, 0.15) is 6.42 Å². The van der Waals surface area contributed by atoms with E-state index >= 15 is 0 Å². The van der Waals surface area contributed by atoms with Crippen LogP contribution in [0.25, 0.3) is 0 Å². The maximum absolute atomic E-state index is 8.70. The summed E-state index contributed by atoms with van der Waals surface area (Å²) in [5.74, 6) is 0.250. The quantitative estimate of drug-likeness (QED) is 0.471. The van der Waals surface area contributed by atoms with E-state index in [1.807, 2.05) is 0 Å². The van der Waals surface area contributed by atoms with Crippen LogP contribution in [0.4, 0.5) is 0 Å². The molecule has 0 amide bonds. The Labute approximate surface area is 60.4 Å². The number of nitrogens with zero attached hydrogens (tertiary/aromatic N) is 1. The molecular weight excluding hydrogens is 126 g/mol. The molecule has 10 heavy (non-hydrogen) atoms. The van der Waals surface area contributed by atoms with E-state index in [0.717, 1.165) is 19.5 Å². The lowest BCUT2D eigenvalue weighted by atomic mass is 10.0. The van der Waals surface area contributed by atoms with E-state index in [4.69, 9.17) is 5.26 Å². The molecule has 2 saturated heterocycles. The zero-order valence-corrected chi connectivity index (χ0v) is 5.80. The van der Waals surface area contributed by atoms with Gasteiger partial charge < -0.3 is 10.6 Å². The zero-order chi connectivity index (χ0) is 6.97. The molecule has 2 bridgehead atoms. The highest BCUT2D eigenvalue weighted by atomic mass is 15.1. The Bertz CT molecular complexity index is 172. The summed E-state index contributed by atoms with van der Waals surface area (Å²) in [6.07, 6.45) is 1.04. The molecule has 0 radical (unpaired) electrons. The molecule has 0 spiro atoms. The number of piperazine rings is 1. The Morgan fingerprint density at radius 3 is 3.00 bits per heavy atom. The second-order valence-electron chi connectivity index (χ2n) is 3.10. The Kier molecular flexibility index (Phi) is 1.37. The van der Waals surface area contributed by atoms with Crippen LogP contribution in [-0.4, -0.2) is 25.2 Å². The summed E-state index contributed by atoms with van der Waals surface area (Å²) >= 11 is 0. The van der Waals surface area contributed by atoms with Crippen molar-refractivity contribution >= 4 is 0 Å². The summed E-state index contributed by atoms with van der Waals surface area (Å²) in [4.78, 5) is 0. The molecule has 3 unspecified atom stereocenters. The maximum atomic E-state index is 8.70. The van der Waals surface area contributed by atoms with E-state index in [1.54, 1.807) is 0 Å². The normalized spacial score (nSPS) is 44.9. The minimum absolute atomic E-state index is 0.250. The van der Waals surface area contributed by atoms with Crippen molar-refractivity contribution in [3.8, 4) is 6.07 Å². The first kappa shape index (κ1) is 6.14. The van der Waals surface area contributed by atoms with Crippen LogP contribution >= 0.6 is 0 Å². The van der Waals surface area contributed by atoms with Gasteiger partial charge in [0, 0.05) is 25.2 Å². The van der Waals surface area contributed by atoms with Gasteiger partial charge in [-0.3, -0.25) is 0 Å². The molecule has 2 heterocycles. The second kappa shape index (κ2) is 2.22. The van der Waals surface area contributed by atoms with Gasteiger partial charge >= 0.3 is 0 Å². The van der Waals surface area contributed by atoms with Crippen LogP contribution < -0.4 is 10.6 Å². The van der Waals surface area contributed by atoms with Crippen molar-refractivity contribution in [2.75, 3.05) is 13.1 Å². The maximum Gasteiger partial charge on any atom is 0.0673 e. The predicted octanol–water partition coefficient (Wildman–Crippen LogP) is -0.540. The van der Waals surface area contributed by atoms with Crippen molar-refractivity contribution < 1.29 is 0 Å². The molecule has 3 nitrogen and oxygen atoms in total. The average molecular weight is 137 g/mol. The molecule has 2 fully saturated rings. The van der Waals surface area contributed by atoms with E-state index in [2.05, 4.69) is 16.7 Å². The van der Waals surface area contributed by atoms with Crippen LogP contribution in [-0.2, 0) is 0 Å². The van der Waals surface area contributed by atoms with Crippen molar-refractivity contribution in [3.63, 3.8) is 0 Å². The third kappa shape index (κ3) is 0.808. The fourth-order valence-electron chi connectivity index (χ4n) is 1.86. The SMILES string of the molecule is N#CC1CC2CNCC1N2.